The lowest BCUT2D eigenvalue weighted by Gasteiger charge is -2.20. The predicted octanol–water partition coefficient (Wildman–Crippen LogP) is 5.05. The van der Waals surface area contributed by atoms with Crippen molar-refractivity contribution in [3.05, 3.63) is 40.1 Å². The molecule has 0 saturated carbocycles. The Hall–Kier alpha value is -1.52. The first-order valence-electron chi connectivity index (χ1n) is 7.87. The van der Waals surface area contributed by atoms with E-state index in [4.69, 9.17) is 27.9 Å². The van der Waals surface area contributed by atoms with E-state index in [1.807, 2.05) is 12.1 Å². The van der Waals surface area contributed by atoms with Crippen LogP contribution in [0.15, 0.2) is 24.5 Å². The van der Waals surface area contributed by atoms with Crippen LogP contribution >= 0.6 is 23.2 Å². The fourth-order valence-corrected chi connectivity index (χ4v) is 3.33. The van der Waals surface area contributed by atoms with Crippen LogP contribution in [-0.4, -0.2) is 22.6 Å². The van der Waals surface area contributed by atoms with Crippen LogP contribution in [0.1, 0.15) is 32.3 Å². The maximum absolute atomic E-state index is 6.34. The molecule has 6 heteroatoms. The number of rotatable bonds is 5. The van der Waals surface area contributed by atoms with Crippen molar-refractivity contribution in [3.8, 4) is 5.88 Å². The molecule has 0 aliphatic carbocycles. The average molecular weight is 352 g/mol. The molecule has 1 aliphatic heterocycles. The number of fused-ring (bicyclic) bond motifs is 1. The molecule has 4 nitrogen and oxygen atoms in total. The number of ether oxygens (including phenoxy) is 1. The Morgan fingerprint density at radius 3 is 2.70 bits per heavy atom. The Kier molecular flexibility index (Phi) is 4.93. The molecule has 1 aromatic heterocycles. The molecular formula is C17H19Cl2N3O. The molecule has 0 radical (unpaired) electrons. The zero-order valence-electron chi connectivity index (χ0n) is 13.2. The van der Waals surface area contributed by atoms with Crippen LogP contribution in [0.5, 0.6) is 5.88 Å². The Labute approximate surface area is 146 Å². The van der Waals surface area contributed by atoms with Crippen LogP contribution < -0.4 is 9.64 Å². The first kappa shape index (κ1) is 16.3. The minimum absolute atomic E-state index is 0.183. The summed E-state index contributed by atoms with van der Waals surface area (Å²) in [5, 5.41) is 1.24. The third kappa shape index (κ3) is 3.24. The average Bonchev–Trinajstić information content (AvgIpc) is 2.97. The summed E-state index contributed by atoms with van der Waals surface area (Å²) in [6.45, 7) is 5.04. The minimum atomic E-state index is 0.183. The molecule has 0 amide bonds. The fourth-order valence-electron chi connectivity index (χ4n) is 2.82. The summed E-state index contributed by atoms with van der Waals surface area (Å²) in [5.41, 5.74) is 1.95. The lowest BCUT2D eigenvalue weighted by atomic mass is 10.2. The number of anilines is 2. The van der Waals surface area contributed by atoms with Gasteiger partial charge in [0.25, 0.3) is 0 Å². The molecule has 1 aromatic carbocycles. The lowest BCUT2D eigenvalue weighted by molar-refractivity contribution is 0.183. The maximum atomic E-state index is 6.34. The van der Waals surface area contributed by atoms with Crippen LogP contribution in [0.25, 0.3) is 0 Å². The van der Waals surface area contributed by atoms with E-state index in [-0.39, 0.29) is 6.10 Å². The molecule has 3 rings (SSSR count). The van der Waals surface area contributed by atoms with E-state index in [1.54, 1.807) is 12.4 Å². The number of aromatic nitrogens is 2. The minimum Gasteiger partial charge on any atom is -0.474 e. The molecule has 1 aliphatic rings. The van der Waals surface area contributed by atoms with E-state index in [0.29, 0.717) is 15.9 Å². The molecule has 0 atom stereocenters. The van der Waals surface area contributed by atoms with E-state index in [9.17, 15) is 0 Å². The van der Waals surface area contributed by atoms with Crippen molar-refractivity contribution in [2.75, 3.05) is 11.4 Å². The summed E-state index contributed by atoms with van der Waals surface area (Å²) >= 11 is 12.3. The number of hydrogen-bond donors (Lipinski definition) is 0. The van der Waals surface area contributed by atoms with Gasteiger partial charge < -0.3 is 9.64 Å². The quantitative estimate of drug-likeness (QED) is 0.755. The van der Waals surface area contributed by atoms with Gasteiger partial charge in [0, 0.05) is 11.6 Å². The second-order valence-electron chi connectivity index (χ2n) is 5.53. The molecule has 0 bridgehead atoms. The normalized spacial score (nSPS) is 13.5. The van der Waals surface area contributed by atoms with Gasteiger partial charge in [0.15, 0.2) is 0 Å². The molecule has 0 saturated heterocycles. The number of benzene rings is 1. The van der Waals surface area contributed by atoms with Crippen LogP contribution in [0.3, 0.4) is 0 Å². The zero-order valence-corrected chi connectivity index (χ0v) is 14.7. The molecule has 0 N–H and O–H groups in total. The molecule has 23 heavy (non-hydrogen) atoms. The summed E-state index contributed by atoms with van der Waals surface area (Å²) < 4.78 is 6.06. The third-order valence-corrected chi connectivity index (χ3v) is 4.65. The highest BCUT2D eigenvalue weighted by Crippen LogP contribution is 2.40. The maximum Gasteiger partial charge on any atom is 0.222 e. The largest absolute Gasteiger partial charge is 0.474 e. The SMILES string of the molecule is CCC(CC)Oc1ncnc2c1CCN2c1ccc(Cl)cc1Cl. The second kappa shape index (κ2) is 6.93. The van der Waals surface area contributed by atoms with E-state index in [1.165, 1.54) is 0 Å². The zero-order chi connectivity index (χ0) is 16.4. The van der Waals surface area contributed by atoms with Gasteiger partial charge in [-0.15, -0.1) is 0 Å². The van der Waals surface area contributed by atoms with Crippen molar-refractivity contribution in [3.63, 3.8) is 0 Å². The first-order valence-corrected chi connectivity index (χ1v) is 8.62. The van der Waals surface area contributed by atoms with Crippen molar-refractivity contribution in [2.45, 2.75) is 39.2 Å². The van der Waals surface area contributed by atoms with Gasteiger partial charge in [-0.3, -0.25) is 0 Å². The molecule has 0 spiro atoms. The predicted molar refractivity (Wildman–Crippen MR) is 94.2 cm³/mol. The van der Waals surface area contributed by atoms with E-state index in [0.717, 1.165) is 42.9 Å². The van der Waals surface area contributed by atoms with Gasteiger partial charge >= 0.3 is 0 Å². The highest BCUT2D eigenvalue weighted by Gasteiger charge is 2.28. The third-order valence-electron chi connectivity index (χ3n) is 4.11. The molecule has 2 aromatic rings. The Balaban J connectivity index is 1.94. The molecule has 0 unspecified atom stereocenters. The summed E-state index contributed by atoms with van der Waals surface area (Å²) in [6.07, 6.45) is 4.50. The summed E-state index contributed by atoms with van der Waals surface area (Å²) in [4.78, 5) is 10.9. The topological polar surface area (TPSA) is 38.3 Å². The van der Waals surface area contributed by atoms with Crippen LogP contribution in [0.4, 0.5) is 11.5 Å². The van der Waals surface area contributed by atoms with Crippen molar-refractivity contribution in [2.24, 2.45) is 0 Å². The molecule has 0 fully saturated rings. The van der Waals surface area contributed by atoms with Crippen LogP contribution in [0.2, 0.25) is 10.0 Å². The number of halogens is 2. The van der Waals surface area contributed by atoms with Gasteiger partial charge in [0.2, 0.25) is 5.88 Å². The smallest absolute Gasteiger partial charge is 0.222 e. The summed E-state index contributed by atoms with van der Waals surface area (Å²) in [6, 6.07) is 5.51. The molecule has 2 heterocycles. The number of nitrogens with zero attached hydrogens (tertiary/aromatic N) is 3. The van der Waals surface area contributed by atoms with Gasteiger partial charge in [-0.25, -0.2) is 9.97 Å². The Bertz CT molecular complexity index is 704. The van der Waals surface area contributed by atoms with Crippen molar-refractivity contribution < 1.29 is 4.74 Å². The van der Waals surface area contributed by atoms with E-state index < -0.39 is 0 Å². The van der Waals surface area contributed by atoms with Crippen LogP contribution in [0, 0.1) is 0 Å². The van der Waals surface area contributed by atoms with Crippen molar-refractivity contribution in [1.29, 1.82) is 0 Å². The van der Waals surface area contributed by atoms with Crippen LogP contribution in [-0.2, 0) is 6.42 Å². The van der Waals surface area contributed by atoms with Gasteiger partial charge in [0.1, 0.15) is 12.1 Å². The van der Waals surface area contributed by atoms with Crippen molar-refractivity contribution in [1.82, 2.24) is 9.97 Å². The first-order chi connectivity index (χ1) is 11.1. The van der Waals surface area contributed by atoms with Gasteiger partial charge in [-0.05, 0) is 37.5 Å². The summed E-state index contributed by atoms with van der Waals surface area (Å²) in [5.74, 6) is 1.56. The van der Waals surface area contributed by atoms with Gasteiger partial charge in [-0.1, -0.05) is 37.0 Å². The van der Waals surface area contributed by atoms with Gasteiger partial charge in [0.05, 0.1) is 22.4 Å². The lowest BCUT2D eigenvalue weighted by Crippen LogP contribution is -2.16. The number of hydrogen-bond acceptors (Lipinski definition) is 4. The van der Waals surface area contributed by atoms with E-state index >= 15 is 0 Å². The fraction of sp³-hybridized carbons (Fsp3) is 0.412. The highest BCUT2D eigenvalue weighted by molar-refractivity contribution is 6.36. The molecule has 122 valence electrons. The van der Waals surface area contributed by atoms with Crippen molar-refractivity contribution >= 4 is 34.7 Å². The Morgan fingerprint density at radius 2 is 2.00 bits per heavy atom. The Morgan fingerprint density at radius 1 is 1.22 bits per heavy atom. The second-order valence-corrected chi connectivity index (χ2v) is 6.38. The monoisotopic (exact) mass is 351 g/mol. The molecular weight excluding hydrogens is 333 g/mol. The standard InChI is InChI=1S/C17H19Cl2N3O/c1-3-12(4-2)23-17-13-7-8-22(16(13)20-10-21-17)15-6-5-11(18)9-14(15)19/h5-6,9-10,12H,3-4,7-8H2,1-2H3. The van der Waals surface area contributed by atoms with Gasteiger partial charge in [-0.2, -0.15) is 0 Å². The van der Waals surface area contributed by atoms with E-state index in [2.05, 4.69) is 28.7 Å². The summed E-state index contributed by atoms with van der Waals surface area (Å²) in [7, 11) is 0. The highest BCUT2D eigenvalue weighted by atomic mass is 35.5.